The molecule has 0 fully saturated rings. The molecule has 1 aromatic carbocycles. The zero-order valence-corrected chi connectivity index (χ0v) is 15.3. The number of aromatic nitrogens is 4. The molecule has 4 rings (SSSR count). The van der Waals surface area contributed by atoms with Gasteiger partial charge in [-0.3, -0.25) is 9.78 Å². The van der Waals surface area contributed by atoms with Gasteiger partial charge < -0.3 is 5.32 Å². The molecule has 7 nitrogen and oxygen atoms in total. The summed E-state index contributed by atoms with van der Waals surface area (Å²) in [6, 6.07) is 13.2. The minimum Gasteiger partial charge on any atom is -0.305 e. The number of carbonyl (C=O) groups excluding carboxylic acids is 1. The van der Waals surface area contributed by atoms with Crippen LogP contribution in [0.15, 0.2) is 55.0 Å². The van der Waals surface area contributed by atoms with Crippen LogP contribution in [0.25, 0.3) is 16.7 Å². The lowest BCUT2D eigenvalue weighted by Gasteiger charge is -2.12. The predicted molar refractivity (Wildman–Crippen MR) is 105 cm³/mol. The fraction of sp³-hybridized carbons (Fsp3) is 0.0952. The van der Waals surface area contributed by atoms with Crippen LogP contribution in [0.5, 0.6) is 0 Å². The van der Waals surface area contributed by atoms with Crippen molar-refractivity contribution in [3.8, 4) is 11.9 Å². The zero-order chi connectivity index (χ0) is 19.7. The van der Waals surface area contributed by atoms with E-state index in [1.165, 1.54) is 23.3 Å². The Morgan fingerprint density at radius 2 is 1.93 bits per heavy atom. The molecule has 3 heterocycles. The second kappa shape index (κ2) is 6.93. The zero-order valence-electron chi connectivity index (χ0n) is 15.3. The fourth-order valence-electron chi connectivity index (χ4n) is 3.06. The van der Waals surface area contributed by atoms with E-state index in [1.54, 1.807) is 12.1 Å². The van der Waals surface area contributed by atoms with Gasteiger partial charge in [0, 0.05) is 23.3 Å². The normalized spacial score (nSPS) is 10.6. The maximum absolute atomic E-state index is 12.6. The summed E-state index contributed by atoms with van der Waals surface area (Å²) in [4.78, 5) is 21.2. The standard InChI is InChI=1S/C21H16N6O/c1-13-4-3-5-17-14(2)10-18(25-19(13)17)27-20(16(11-22)12-24-27)26-21(28)15-6-8-23-9-7-15/h3-10,12H,1-2H3,(H,26,28). The maximum Gasteiger partial charge on any atom is 0.256 e. The van der Waals surface area contributed by atoms with E-state index in [9.17, 15) is 10.1 Å². The molecular formula is C21H16N6O. The highest BCUT2D eigenvalue weighted by molar-refractivity contribution is 6.04. The molecule has 7 heteroatoms. The molecule has 4 aromatic rings. The monoisotopic (exact) mass is 368 g/mol. The molecule has 28 heavy (non-hydrogen) atoms. The van der Waals surface area contributed by atoms with Crippen LogP contribution in [0.2, 0.25) is 0 Å². The Kier molecular flexibility index (Phi) is 4.30. The minimum absolute atomic E-state index is 0.256. The van der Waals surface area contributed by atoms with Crippen LogP contribution in [0, 0.1) is 25.2 Å². The summed E-state index contributed by atoms with van der Waals surface area (Å²) in [5.74, 6) is 0.462. The van der Waals surface area contributed by atoms with Crippen molar-refractivity contribution in [3.63, 3.8) is 0 Å². The number of para-hydroxylation sites is 1. The van der Waals surface area contributed by atoms with Crippen LogP contribution in [0.1, 0.15) is 27.0 Å². The average molecular weight is 368 g/mol. The Morgan fingerprint density at radius 3 is 2.68 bits per heavy atom. The van der Waals surface area contributed by atoms with Gasteiger partial charge in [-0.05, 0) is 43.2 Å². The van der Waals surface area contributed by atoms with Crippen molar-refractivity contribution in [3.05, 3.63) is 77.2 Å². The lowest BCUT2D eigenvalue weighted by molar-refractivity contribution is 0.102. The highest BCUT2D eigenvalue weighted by Gasteiger charge is 2.18. The highest BCUT2D eigenvalue weighted by Crippen LogP contribution is 2.25. The third-order valence-electron chi connectivity index (χ3n) is 4.52. The van der Waals surface area contributed by atoms with Crippen LogP contribution in [-0.2, 0) is 0 Å². The topological polar surface area (TPSA) is 96.5 Å². The summed E-state index contributed by atoms with van der Waals surface area (Å²) in [5.41, 5.74) is 3.62. The first kappa shape index (κ1) is 17.4. The number of pyridine rings is 2. The van der Waals surface area contributed by atoms with Crippen molar-refractivity contribution in [2.24, 2.45) is 0 Å². The number of hydrogen-bond acceptors (Lipinski definition) is 5. The number of hydrogen-bond donors (Lipinski definition) is 1. The van der Waals surface area contributed by atoms with E-state index in [0.29, 0.717) is 11.4 Å². The molecule has 0 aliphatic carbocycles. The minimum atomic E-state index is -0.352. The first-order valence-electron chi connectivity index (χ1n) is 8.65. The third kappa shape index (κ3) is 2.97. The molecule has 0 saturated carbocycles. The lowest BCUT2D eigenvalue weighted by Crippen LogP contribution is -2.16. The number of amides is 1. The molecule has 1 N–H and O–H groups in total. The molecule has 0 aliphatic heterocycles. The largest absolute Gasteiger partial charge is 0.305 e. The number of fused-ring (bicyclic) bond motifs is 1. The quantitative estimate of drug-likeness (QED) is 0.596. The highest BCUT2D eigenvalue weighted by atomic mass is 16.1. The van der Waals surface area contributed by atoms with Crippen molar-refractivity contribution in [1.29, 1.82) is 5.26 Å². The first-order chi connectivity index (χ1) is 13.6. The fourth-order valence-corrected chi connectivity index (χ4v) is 3.06. The number of nitriles is 1. The molecule has 1 amide bonds. The van der Waals surface area contributed by atoms with Crippen LogP contribution in [0.4, 0.5) is 5.82 Å². The number of aryl methyl sites for hydroxylation is 2. The van der Waals surface area contributed by atoms with E-state index >= 15 is 0 Å². The van der Waals surface area contributed by atoms with E-state index < -0.39 is 0 Å². The second-order valence-corrected chi connectivity index (χ2v) is 6.39. The molecule has 0 bridgehead atoms. The Hall–Kier alpha value is -4.05. The SMILES string of the molecule is Cc1cc(-n2ncc(C#N)c2NC(=O)c2ccncc2)nc2c(C)cccc12. The van der Waals surface area contributed by atoms with Crippen molar-refractivity contribution >= 4 is 22.6 Å². The second-order valence-electron chi connectivity index (χ2n) is 6.39. The van der Waals surface area contributed by atoms with Crippen molar-refractivity contribution in [2.75, 3.05) is 5.32 Å². The number of nitrogens with zero attached hydrogens (tertiary/aromatic N) is 5. The summed E-state index contributed by atoms with van der Waals surface area (Å²) in [6.45, 7) is 3.99. The van der Waals surface area contributed by atoms with Gasteiger partial charge in [-0.15, -0.1) is 0 Å². The van der Waals surface area contributed by atoms with Crippen molar-refractivity contribution in [1.82, 2.24) is 19.7 Å². The Bertz CT molecular complexity index is 1240. The van der Waals surface area contributed by atoms with Gasteiger partial charge in [0.05, 0.1) is 11.7 Å². The van der Waals surface area contributed by atoms with Crippen LogP contribution in [0.3, 0.4) is 0 Å². The summed E-state index contributed by atoms with van der Waals surface area (Å²) >= 11 is 0. The molecule has 0 unspecified atom stereocenters. The van der Waals surface area contributed by atoms with Gasteiger partial charge in [-0.2, -0.15) is 15.0 Å². The Labute approximate surface area is 161 Å². The molecular weight excluding hydrogens is 352 g/mol. The van der Waals surface area contributed by atoms with E-state index in [4.69, 9.17) is 4.98 Å². The number of rotatable bonds is 3. The number of anilines is 1. The van der Waals surface area contributed by atoms with E-state index in [1.807, 2.05) is 38.1 Å². The summed E-state index contributed by atoms with van der Waals surface area (Å²) in [5, 5.41) is 17.6. The Balaban J connectivity index is 1.83. The first-order valence-corrected chi connectivity index (χ1v) is 8.65. The van der Waals surface area contributed by atoms with Crippen LogP contribution >= 0.6 is 0 Å². The van der Waals surface area contributed by atoms with E-state index in [-0.39, 0.29) is 17.3 Å². The van der Waals surface area contributed by atoms with Gasteiger partial charge in [0.15, 0.2) is 11.6 Å². The van der Waals surface area contributed by atoms with Crippen molar-refractivity contribution < 1.29 is 4.79 Å². The molecule has 136 valence electrons. The number of nitrogens with one attached hydrogen (secondary N) is 1. The van der Waals surface area contributed by atoms with Gasteiger partial charge >= 0.3 is 0 Å². The van der Waals surface area contributed by atoms with Gasteiger partial charge in [-0.25, -0.2) is 4.98 Å². The van der Waals surface area contributed by atoms with Gasteiger partial charge in [0.25, 0.3) is 5.91 Å². The number of carbonyl (C=O) groups is 1. The van der Waals surface area contributed by atoms with E-state index in [0.717, 1.165) is 22.0 Å². The predicted octanol–water partition coefficient (Wildman–Crippen LogP) is 3.56. The smallest absolute Gasteiger partial charge is 0.256 e. The number of benzene rings is 1. The van der Waals surface area contributed by atoms with Crippen molar-refractivity contribution in [2.45, 2.75) is 13.8 Å². The summed E-state index contributed by atoms with van der Waals surface area (Å²) < 4.78 is 1.48. The molecule has 0 atom stereocenters. The Morgan fingerprint density at radius 1 is 1.14 bits per heavy atom. The summed E-state index contributed by atoms with van der Waals surface area (Å²) in [6.07, 6.45) is 4.49. The summed E-state index contributed by atoms with van der Waals surface area (Å²) in [7, 11) is 0. The van der Waals surface area contributed by atoms with E-state index in [2.05, 4.69) is 21.5 Å². The van der Waals surface area contributed by atoms with Gasteiger partial charge in [0.2, 0.25) is 0 Å². The lowest BCUT2D eigenvalue weighted by atomic mass is 10.1. The molecule has 0 saturated heterocycles. The molecule has 0 aliphatic rings. The molecule has 3 aromatic heterocycles. The third-order valence-corrected chi connectivity index (χ3v) is 4.52. The maximum atomic E-state index is 12.6. The molecule has 0 spiro atoms. The average Bonchev–Trinajstić information content (AvgIpc) is 3.12. The molecule has 0 radical (unpaired) electrons. The van der Waals surface area contributed by atoms with Crippen LogP contribution < -0.4 is 5.32 Å². The van der Waals surface area contributed by atoms with Crippen LogP contribution in [-0.4, -0.2) is 25.7 Å². The van der Waals surface area contributed by atoms with Gasteiger partial charge in [-0.1, -0.05) is 18.2 Å². The van der Waals surface area contributed by atoms with Gasteiger partial charge in [0.1, 0.15) is 11.6 Å².